The summed E-state index contributed by atoms with van der Waals surface area (Å²) < 4.78 is 0. The van der Waals surface area contributed by atoms with Gasteiger partial charge in [0, 0.05) is 25.0 Å². The van der Waals surface area contributed by atoms with Gasteiger partial charge in [-0.25, -0.2) is 0 Å². The fourth-order valence-corrected chi connectivity index (χ4v) is 4.75. The molecular formula is C21H25N3O2S. The third-order valence-electron chi connectivity index (χ3n) is 5.91. The molecule has 0 N–H and O–H groups in total. The van der Waals surface area contributed by atoms with Crippen molar-refractivity contribution in [3.63, 3.8) is 0 Å². The molecule has 0 bridgehead atoms. The molecular weight excluding hydrogens is 358 g/mol. The lowest BCUT2D eigenvalue weighted by atomic mass is 9.93. The molecule has 27 heavy (non-hydrogen) atoms. The minimum atomic E-state index is -0.154. The molecule has 142 valence electrons. The van der Waals surface area contributed by atoms with Crippen LogP contribution in [-0.2, 0) is 16.0 Å². The van der Waals surface area contributed by atoms with E-state index in [9.17, 15) is 9.59 Å². The third kappa shape index (κ3) is 3.51. The highest BCUT2D eigenvalue weighted by Gasteiger charge is 2.48. The van der Waals surface area contributed by atoms with Crippen LogP contribution >= 0.6 is 11.3 Å². The molecule has 1 atom stereocenters. The number of likely N-dealkylation sites (tertiary alicyclic amines) is 1. The predicted molar refractivity (Wildman–Crippen MR) is 108 cm³/mol. The lowest BCUT2D eigenvalue weighted by molar-refractivity contribution is -0.130. The van der Waals surface area contributed by atoms with Gasteiger partial charge < -0.3 is 9.80 Å². The second kappa shape index (κ2) is 7.09. The van der Waals surface area contributed by atoms with Crippen molar-refractivity contribution in [1.82, 2.24) is 9.80 Å². The molecule has 4 rings (SSSR count). The molecule has 1 aromatic heterocycles. The number of piperazine rings is 1. The monoisotopic (exact) mass is 383 g/mol. The molecule has 0 radical (unpaired) electrons. The van der Waals surface area contributed by atoms with Crippen LogP contribution in [0.3, 0.4) is 0 Å². The molecule has 2 amide bonds. The Bertz CT molecular complexity index is 834. The van der Waals surface area contributed by atoms with Crippen LogP contribution in [0.25, 0.3) is 0 Å². The minimum absolute atomic E-state index is 0.131. The van der Waals surface area contributed by atoms with Crippen molar-refractivity contribution in [2.24, 2.45) is 0 Å². The maximum atomic E-state index is 12.8. The van der Waals surface area contributed by atoms with Crippen LogP contribution in [-0.4, -0.2) is 60.4 Å². The first-order valence-electron chi connectivity index (χ1n) is 9.34. The summed E-state index contributed by atoms with van der Waals surface area (Å²) in [7, 11) is 2.01. The van der Waals surface area contributed by atoms with Gasteiger partial charge >= 0.3 is 0 Å². The Hall–Kier alpha value is -2.18. The van der Waals surface area contributed by atoms with Crippen LogP contribution in [0, 0.1) is 6.92 Å². The van der Waals surface area contributed by atoms with Crippen molar-refractivity contribution in [2.45, 2.75) is 25.3 Å². The molecule has 3 heterocycles. The second-order valence-corrected chi connectivity index (χ2v) is 8.55. The Balaban J connectivity index is 1.47. The number of anilines is 1. The number of hydrogen-bond acceptors (Lipinski definition) is 4. The number of carbonyl (C=O) groups excluding carboxylic acids is 2. The van der Waals surface area contributed by atoms with Crippen molar-refractivity contribution in [1.29, 1.82) is 0 Å². The van der Waals surface area contributed by atoms with Gasteiger partial charge in [0.25, 0.3) is 0 Å². The van der Waals surface area contributed by atoms with Gasteiger partial charge in [0.1, 0.15) is 0 Å². The van der Waals surface area contributed by atoms with E-state index in [0.29, 0.717) is 26.1 Å². The van der Waals surface area contributed by atoms with E-state index in [-0.39, 0.29) is 17.4 Å². The SMILES string of the molecule is Cc1ccc(CC(=O)N2CC[C@]3(C2)CN(c2ccsc2)C(=O)CN3C)cc1. The molecule has 2 saturated heterocycles. The molecule has 0 aliphatic carbocycles. The van der Waals surface area contributed by atoms with E-state index >= 15 is 0 Å². The lowest BCUT2D eigenvalue weighted by Crippen LogP contribution is -2.64. The molecule has 0 unspecified atom stereocenters. The first kappa shape index (κ1) is 18.2. The number of amides is 2. The van der Waals surface area contributed by atoms with Gasteiger partial charge in [-0.2, -0.15) is 11.3 Å². The fourth-order valence-electron chi connectivity index (χ4n) is 4.11. The first-order valence-corrected chi connectivity index (χ1v) is 10.3. The van der Waals surface area contributed by atoms with E-state index in [1.54, 1.807) is 11.3 Å². The number of hydrogen-bond donors (Lipinski definition) is 0. The van der Waals surface area contributed by atoms with Gasteiger partial charge in [0.2, 0.25) is 11.8 Å². The van der Waals surface area contributed by atoms with Gasteiger partial charge in [-0.3, -0.25) is 14.5 Å². The van der Waals surface area contributed by atoms with E-state index in [4.69, 9.17) is 0 Å². The number of benzene rings is 1. The van der Waals surface area contributed by atoms with Crippen LogP contribution in [0.15, 0.2) is 41.1 Å². The maximum absolute atomic E-state index is 12.8. The average Bonchev–Trinajstić information content (AvgIpc) is 3.31. The molecule has 0 saturated carbocycles. The quantitative estimate of drug-likeness (QED) is 0.818. The Kier molecular flexibility index (Phi) is 4.78. The summed E-state index contributed by atoms with van der Waals surface area (Å²) in [5.41, 5.74) is 3.08. The lowest BCUT2D eigenvalue weighted by Gasteiger charge is -2.46. The zero-order valence-electron chi connectivity index (χ0n) is 15.9. The van der Waals surface area contributed by atoms with Gasteiger partial charge in [0.05, 0.1) is 24.2 Å². The smallest absolute Gasteiger partial charge is 0.241 e. The number of thiophene rings is 1. The van der Waals surface area contributed by atoms with E-state index in [1.807, 2.05) is 57.9 Å². The molecule has 2 aromatic rings. The summed E-state index contributed by atoms with van der Waals surface area (Å²) in [5.74, 6) is 0.300. The van der Waals surface area contributed by atoms with Gasteiger partial charge in [0.15, 0.2) is 0 Å². The number of likely N-dealkylation sites (N-methyl/N-ethyl adjacent to an activating group) is 1. The summed E-state index contributed by atoms with van der Waals surface area (Å²) in [6, 6.07) is 10.2. The molecule has 5 nitrogen and oxygen atoms in total. The van der Waals surface area contributed by atoms with E-state index < -0.39 is 0 Å². The Morgan fingerprint density at radius 1 is 1.19 bits per heavy atom. The van der Waals surface area contributed by atoms with Gasteiger partial charge in [-0.05, 0) is 37.4 Å². The standard InChI is InChI=1S/C21H25N3O2S/c1-16-3-5-17(6-4-16)11-19(25)23-9-8-21(14-23)15-24(18-7-10-27-13-18)20(26)12-22(21)2/h3-7,10,13H,8-9,11-12,14-15H2,1-2H3/t21-/m0/s1. The highest BCUT2D eigenvalue weighted by atomic mass is 32.1. The van der Waals surface area contributed by atoms with E-state index in [0.717, 1.165) is 24.2 Å². The van der Waals surface area contributed by atoms with Crippen LogP contribution in [0.1, 0.15) is 17.5 Å². The highest BCUT2D eigenvalue weighted by molar-refractivity contribution is 7.08. The Morgan fingerprint density at radius 2 is 1.96 bits per heavy atom. The number of carbonyl (C=O) groups is 2. The maximum Gasteiger partial charge on any atom is 0.241 e. The predicted octanol–water partition coefficient (Wildman–Crippen LogP) is 2.55. The van der Waals surface area contributed by atoms with Gasteiger partial charge in [-0.1, -0.05) is 29.8 Å². The highest BCUT2D eigenvalue weighted by Crippen LogP contribution is 2.34. The Labute approximate surface area is 164 Å². The summed E-state index contributed by atoms with van der Waals surface area (Å²) in [6.45, 7) is 4.53. The summed E-state index contributed by atoms with van der Waals surface area (Å²) in [4.78, 5) is 31.4. The van der Waals surface area contributed by atoms with E-state index in [1.165, 1.54) is 5.56 Å². The normalized spacial score (nSPS) is 23.4. The summed E-state index contributed by atoms with van der Waals surface area (Å²) in [6.07, 6.45) is 1.34. The first-order chi connectivity index (χ1) is 13.0. The number of nitrogens with zero attached hydrogens (tertiary/aromatic N) is 3. The fraction of sp³-hybridized carbons (Fsp3) is 0.429. The Morgan fingerprint density at radius 3 is 2.67 bits per heavy atom. The zero-order chi connectivity index (χ0) is 19.0. The van der Waals surface area contributed by atoms with Crippen LogP contribution < -0.4 is 4.90 Å². The van der Waals surface area contributed by atoms with Crippen LogP contribution in [0.5, 0.6) is 0 Å². The third-order valence-corrected chi connectivity index (χ3v) is 6.59. The minimum Gasteiger partial charge on any atom is -0.340 e. The molecule has 2 aliphatic heterocycles. The second-order valence-electron chi connectivity index (χ2n) is 7.77. The van der Waals surface area contributed by atoms with Crippen molar-refractivity contribution in [3.8, 4) is 0 Å². The zero-order valence-corrected chi connectivity index (χ0v) is 16.7. The van der Waals surface area contributed by atoms with Gasteiger partial charge in [-0.15, -0.1) is 0 Å². The largest absolute Gasteiger partial charge is 0.340 e. The topological polar surface area (TPSA) is 43.9 Å². The molecule has 1 aromatic carbocycles. The summed E-state index contributed by atoms with van der Waals surface area (Å²) >= 11 is 1.60. The van der Waals surface area contributed by atoms with Crippen molar-refractivity contribution in [3.05, 3.63) is 52.2 Å². The molecule has 1 spiro atoms. The van der Waals surface area contributed by atoms with Crippen LogP contribution in [0.2, 0.25) is 0 Å². The van der Waals surface area contributed by atoms with Crippen molar-refractivity contribution in [2.75, 3.05) is 38.1 Å². The molecule has 2 fully saturated rings. The summed E-state index contributed by atoms with van der Waals surface area (Å²) in [5, 5.41) is 4.02. The van der Waals surface area contributed by atoms with Crippen molar-refractivity contribution < 1.29 is 9.59 Å². The van der Waals surface area contributed by atoms with Crippen LogP contribution in [0.4, 0.5) is 5.69 Å². The van der Waals surface area contributed by atoms with Crippen molar-refractivity contribution >= 4 is 28.8 Å². The molecule has 6 heteroatoms. The number of aryl methyl sites for hydroxylation is 1. The number of rotatable bonds is 3. The van der Waals surface area contributed by atoms with E-state index in [2.05, 4.69) is 11.8 Å². The molecule has 2 aliphatic rings. The average molecular weight is 384 g/mol.